The van der Waals surface area contributed by atoms with E-state index in [0.717, 1.165) is 0 Å². The van der Waals surface area contributed by atoms with Crippen molar-refractivity contribution >= 4 is 0 Å². The Morgan fingerprint density at radius 3 is 2.71 bits per heavy atom. The number of aromatic nitrogens is 4. The number of methoxy groups -OCH3 is 2. The van der Waals surface area contributed by atoms with Gasteiger partial charge in [0.25, 0.3) is 0 Å². The standard InChI is InChI=1S/C10H10N4O3/c1-16-7-4-3-5-11-8(7)14-6-12-9(17-2)13-10(14)15/h3-6H,1-2H3. The molecule has 0 amide bonds. The molecule has 2 aromatic heterocycles. The van der Waals surface area contributed by atoms with Crippen molar-refractivity contribution in [2.75, 3.05) is 14.2 Å². The second-order valence-electron chi connectivity index (χ2n) is 3.02. The van der Waals surface area contributed by atoms with Crippen molar-refractivity contribution in [3.63, 3.8) is 0 Å². The summed E-state index contributed by atoms with van der Waals surface area (Å²) in [7, 11) is 2.89. The second kappa shape index (κ2) is 4.60. The fourth-order valence-corrected chi connectivity index (χ4v) is 1.29. The van der Waals surface area contributed by atoms with Gasteiger partial charge in [-0.2, -0.15) is 4.98 Å². The highest BCUT2D eigenvalue weighted by Crippen LogP contribution is 2.17. The molecule has 0 N–H and O–H groups in total. The molecule has 0 unspecified atom stereocenters. The van der Waals surface area contributed by atoms with Crippen LogP contribution in [-0.4, -0.2) is 33.7 Å². The third-order valence-corrected chi connectivity index (χ3v) is 2.06. The van der Waals surface area contributed by atoms with Crippen molar-refractivity contribution < 1.29 is 9.47 Å². The molecule has 0 fully saturated rings. The van der Waals surface area contributed by atoms with Crippen LogP contribution in [0, 0.1) is 0 Å². The molecule has 17 heavy (non-hydrogen) atoms. The largest absolute Gasteiger partial charge is 0.493 e. The maximum Gasteiger partial charge on any atom is 0.359 e. The summed E-state index contributed by atoms with van der Waals surface area (Å²) in [5.41, 5.74) is -0.533. The van der Waals surface area contributed by atoms with Gasteiger partial charge in [-0.05, 0) is 12.1 Å². The Hall–Kier alpha value is -2.44. The molecule has 2 rings (SSSR count). The van der Waals surface area contributed by atoms with Crippen molar-refractivity contribution in [2.24, 2.45) is 0 Å². The average molecular weight is 234 g/mol. The predicted octanol–water partition coefficient (Wildman–Crippen LogP) is 0.0397. The number of hydrogen-bond acceptors (Lipinski definition) is 6. The van der Waals surface area contributed by atoms with Gasteiger partial charge < -0.3 is 9.47 Å². The van der Waals surface area contributed by atoms with E-state index < -0.39 is 5.69 Å². The lowest BCUT2D eigenvalue weighted by Crippen LogP contribution is -2.23. The summed E-state index contributed by atoms with van der Waals surface area (Å²) < 4.78 is 11.0. The van der Waals surface area contributed by atoms with Gasteiger partial charge in [0.15, 0.2) is 11.6 Å². The zero-order valence-corrected chi connectivity index (χ0v) is 9.32. The predicted molar refractivity (Wildman–Crippen MR) is 58.5 cm³/mol. The van der Waals surface area contributed by atoms with E-state index in [0.29, 0.717) is 11.6 Å². The summed E-state index contributed by atoms with van der Waals surface area (Å²) in [6.45, 7) is 0. The van der Waals surface area contributed by atoms with Gasteiger partial charge in [0, 0.05) is 6.20 Å². The Bertz CT molecular complexity index is 582. The zero-order chi connectivity index (χ0) is 12.3. The summed E-state index contributed by atoms with van der Waals surface area (Å²) >= 11 is 0. The van der Waals surface area contributed by atoms with Crippen molar-refractivity contribution in [3.05, 3.63) is 35.1 Å². The minimum Gasteiger partial charge on any atom is -0.493 e. The highest BCUT2D eigenvalue weighted by molar-refractivity contribution is 5.39. The molecule has 0 atom stereocenters. The van der Waals surface area contributed by atoms with Crippen LogP contribution in [0.2, 0.25) is 0 Å². The first-order chi connectivity index (χ1) is 8.26. The van der Waals surface area contributed by atoms with Gasteiger partial charge in [0.2, 0.25) is 0 Å². The number of hydrogen-bond donors (Lipinski definition) is 0. The molecule has 0 aliphatic heterocycles. The molecule has 0 aromatic carbocycles. The van der Waals surface area contributed by atoms with Gasteiger partial charge in [-0.3, -0.25) is 0 Å². The monoisotopic (exact) mass is 234 g/mol. The Morgan fingerprint density at radius 2 is 2.06 bits per heavy atom. The van der Waals surface area contributed by atoms with Gasteiger partial charge in [-0.1, -0.05) is 0 Å². The lowest BCUT2D eigenvalue weighted by atomic mass is 10.4. The fourth-order valence-electron chi connectivity index (χ4n) is 1.29. The van der Waals surface area contributed by atoms with Crippen LogP contribution in [0.5, 0.6) is 11.8 Å². The number of ether oxygens (including phenoxy) is 2. The van der Waals surface area contributed by atoms with Crippen LogP contribution in [0.3, 0.4) is 0 Å². The quantitative estimate of drug-likeness (QED) is 0.746. The Balaban J connectivity index is 2.57. The first-order valence-corrected chi connectivity index (χ1v) is 4.75. The number of rotatable bonds is 3. The maximum atomic E-state index is 11.7. The molecule has 2 heterocycles. The van der Waals surface area contributed by atoms with E-state index in [9.17, 15) is 4.79 Å². The average Bonchev–Trinajstić information content (AvgIpc) is 2.38. The van der Waals surface area contributed by atoms with Gasteiger partial charge in [0.05, 0.1) is 14.2 Å². The van der Waals surface area contributed by atoms with Gasteiger partial charge >= 0.3 is 11.7 Å². The van der Waals surface area contributed by atoms with Crippen LogP contribution in [0.15, 0.2) is 29.5 Å². The van der Waals surface area contributed by atoms with Crippen LogP contribution in [0.1, 0.15) is 0 Å². The SMILES string of the molecule is COc1ncn(-c2ncccc2OC)c(=O)n1. The van der Waals surface area contributed by atoms with Crippen LogP contribution < -0.4 is 15.2 Å². The summed E-state index contributed by atoms with van der Waals surface area (Å²) in [4.78, 5) is 23.2. The molecule has 0 saturated heterocycles. The van der Waals surface area contributed by atoms with E-state index in [1.807, 2.05) is 0 Å². The molecule has 0 aliphatic rings. The molecular weight excluding hydrogens is 224 g/mol. The topological polar surface area (TPSA) is 79.1 Å². The summed E-state index contributed by atoms with van der Waals surface area (Å²) in [6, 6.07) is 3.41. The third kappa shape index (κ3) is 2.07. The third-order valence-electron chi connectivity index (χ3n) is 2.06. The van der Waals surface area contributed by atoms with E-state index in [1.54, 1.807) is 18.3 Å². The Labute approximate surface area is 96.7 Å². The van der Waals surface area contributed by atoms with Crippen LogP contribution in [0.25, 0.3) is 5.82 Å². The highest BCUT2D eigenvalue weighted by atomic mass is 16.5. The van der Waals surface area contributed by atoms with Crippen molar-refractivity contribution in [1.29, 1.82) is 0 Å². The molecule has 7 heteroatoms. The van der Waals surface area contributed by atoms with Crippen LogP contribution in [-0.2, 0) is 0 Å². The van der Waals surface area contributed by atoms with Crippen LogP contribution in [0.4, 0.5) is 0 Å². The van der Waals surface area contributed by atoms with E-state index >= 15 is 0 Å². The van der Waals surface area contributed by atoms with Crippen molar-refractivity contribution in [1.82, 2.24) is 19.5 Å². The molecule has 0 bridgehead atoms. The Morgan fingerprint density at radius 1 is 1.24 bits per heavy atom. The smallest absolute Gasteiger partial charge is 0.359 e. The lowest BCUT2D eigenvalue weighted by Gasteiger charge is -2.08. The summed E-state index contributed by atoms with van der Waals surface area (Å²) in [6.07, 6.45) is 2.84. The van der Waals surface area contributed by atoms with Gasteiger partial charge in [-0.25, -0.2) is 14.3 Å². The summed E-state index contributed by atoms with van der Waals surface area (Å²) in [5.74, 6) is 0.797. The molecule has 0 saturated carbocycles. The van der Waals surface area contributed by atoms with Crippen molar-refractivity contribution in [2.45, 2.75) is 0 Å². The fraction of sp³-hybridized carbons (Fsp3) is 0.200. The van der Waals surface area contributed by atoms with Crippen molar-refractivity contribution in [3.8, 4) is 17.6 Å². The first-order valence-electron chi connectivity index (χ1n) is 4.75. The van der Waals surface area contributed by atoms with E-state index in [-0.39, 0.29) is 6.01 Å². The number of pyridine rings is 1. The Kier molecular flexibility index (Phi) is 2.99. The van der Waals surface area contributed by atoms with E-state index in [2.05, 4.69) is 15.0 Å². The van der Waals surface area contributed by atoms with Gasteiger partial charge in [0.1, 0.15) is 6.33 Å². The minimum absolute atomic E-state index is 0.0150. The van der Waals surface area contributed by atoms with Crippen LogP contribution >= 0.6 is 0 Å². The van der Waals surface area contributed by atoms with E-state index in [4.69, 9.17) is 9.47 Å². The minimum atomic E-state index is -0.533. The van der Waals surface area contributed by atoms with E-state index in [1.165, 1.54) is 25.1 Å². The molecular formula is C10H10N4O3. The lowest BCUT2D eigenvalue weighted by molar-refractivity contribution is 0.373. The molecule has 0 aliphatic carbocycles. The molecule has 7 nitrogen and oxygen atoms in total. The second-order valence-corrected chi connectivity index (χ2v) is 3.02. The highest BCUT2D eigenvalue weighted by Gasteiger charge is 2.09. The normalized spacial score (nSPS) is 10.0. The molecule has 0 spiro atoms. The first kappa shape index (κ1) is 11.1. The van der Waals surface area contributed by atoms with Gasteiger partial charge in [-0.15, -0.1) is 4.98 Å². The zero-order valence-electron chi connectivity index (χ0n) is 9.32. The maximum absolute atomic E-state index is 11.7. The molecule has 2 aromatic rings. The molecule has 88 valence electrons. The number of nitrogens with zero attached hydrogens (tertiary/aromatic N) is 4. The molecule has 0 radical (unpaired) electrons. The summed E-state index contributed by atoms with van der Waals surface area (Å²) in [5, 5.41) is 0.